The number of ether oxygens (including phenoxy) is 1. The van der Waals surface area contributed by atoms with E-state index in [2.05, 4.69) is 139 Å². The number of halogens is 7. The molecule has 27 nitrogen and oxygen atoms in total. The predicted octanol–water partition coefficient (Wildman–Crippen LogP) is 17.7. The zero-order valence-corrected chi connectivity index (χ0v) is 79.8. The molecule has 133 heavy (non-hydrogen) atoms. The molecular formula is C98H110Cl4F2IMnN15O12. The Morgan fingerprint density at radius 2 is 0.872 bits per heavy atom. The van der Waals surface area contributed by atoms with Gasteiger partial charge in [0.2, 0.25) is 0 Å². The molecule has 0 aliphatic heterocycles. The first kappa shape index (κ1) is 107. The molecule has 0 saturated heterocycles. The van der Waals surface area contributed by atoms with E-state index in [1.165, 1.54) is 53.8 Å². The summed E-state index contributed by atoms with van der Waals surface area (Å²) in [4.78, 5) is 68.9. The molecule has 9 heterocycles. The molecule has 2 aliphatic carbocycles. The number of alkyl halides is 2. The molecule has 10 atom stereocenters. The Morgan fingerprint density at radius 3 is 1.22 bits per heavy atom. The van der Waals surface area contributed by atoms with Crippen molar-refractivity contribution < 1.29 is 82.4 Å². The summed E-state index contributed by atoms with van der Waals surface area (Å²) < 4.78 is 66.6. The summed E-state index contributed by atoms with van der Waals surface area (Å²) in [6.07, 6.45) is 15.6. The van der Waals surface area contributed by atoms with Crippen LogP contribution in [0.5, 0.6) is 0 Å². The number of aliphatic hydroxyl groups excluding tert-OH is 6. The number of esters is 1. The zero-order valence-electron chi connectivity index (χ0n) is 74.4. The number of aromatic nitrogens is 13. The van der Waals surface area contributed by atoms with Crippen LogP contribution >= 0.6 is 69.2 Å². The van der Waals surface area contributed by atoms with Crippen LogP contribution in [-0.2, 0) is 60.0 Å². The summed E-state index contributed by atoms with van der Waals surface area (Å²) in [6, 6.07) is 58.9. The summed E-state index contributed by atoms with van der Waals surface area (Å²) in [7, 11) is 0. The fourth-order valence-corrected chi connectivity index (χ4v) is 15.1. The fourth-order valence-electron chi connectivity index (χ4n) is 14.1. The normalized spacial score (nSPS) is 16.5. The van der Waals surface area contributed by atoms with Gasteiger partial charge in [0, 0.05) is 177 Å². The van der Waals surface area contributed by atoms with E-state index in [9.17, 15) is 43.6 Å². The van der Waals surface area contributed by atoms with Gasteiger partial charge in [0.1, 0.15) is 71.1 Å². The Bertz CT molecular complexity index is 5750. The number of carbonyl (C=O) groups is 3. The molecule has 0 spiro atoms. The van der Waals surface area contributed by atoms with Gasteiger partial charge >= 0.3 is 28.5 Å². The van der Waals surface area contributed by atoms with Crippen LogP contribution in [0.1, 0.15) is 170 Å². The van der Waals surface area contributed by atoms with Gasteiger partial charge in [-0.05, 0) is 147 Å². The van der Waals surface area contributed by atoms with Gasteiger partial charge in [-0.25, -0.2) is 58.3 Å². The van der Waals surface area contributed by atoms with Crippen molar-refractivity contribution in [2.75, 3.05) is 25.1 Å². The van der Waals surface area contributed by atoms with Crippen molar-refractivity contribution in [1.29, 1.82) is 0 Å². The molecule has 35 heteroatoms. The number of aldehydes is 1. The monoisotopic (exact) mass is 2050 g/mol. The average molecular weight is 2050 g/mol. The van der Waals surface area contributed by atoms with E-state index in [1.54, 1.807) is 37.8 Å². The molecule has 0 amide bonds. The van der Waals surface area contributed by atoms with E-state index in [0.717, 1.165) is 86.8 Å². The summed E-state index contributed by atoms with van der Waals surface area (Å²) in [5, 5.41) is 62.1. The van der Waals surface area contributed by atoms with Crippen molar-refractivity contribution in [3.63, 3.8) is 0 Å². The minimum atomic E-state index is -1.57. The molecule has 705 valence electrons. The number of rotatable bonds is 24. The molecule has 16 rings (SSSR count). The third-order valence-corrected chi connectivity index (χ3v) is 23.4. The average Bonchev–Trinajstić information content (AvgIpc) is 1.64. The number of hydrogen-bond donors (Lipinski definition) is 8. The van der Waals surface area contributed by atoms with Gasteiger partial charge in [0.25, 0.3) is 0 Å². The number of benzene rings is 5. The molecule has 2 saturated carbocycles. The number of nitrogens with one attached hydrogen (secondary N) is 2. The Hall–Kier alpha value is -11.0. The Labute approximate surface area is 814 Å². The van der Waals surface area contributed by atoms with Crippen LogP contribution in [0.4, 0.5) is 14.6 Å². The summed E-state index contributed by atoms with van der Waals surface area (Å²) in [5.41, 5.74) is 15.9. The number of hydrogen-bond acceptors (Lipinski definition) is 22. The van der Waals surface area contributed by atoms with E-state index in [-0.39, 0.29) is 66.4 Å². The molecule has 2 fully saturated rings. The molecule has 2 aliphatic rings. The molecule has 0 bridgehead atoms. The summed E-state index contributed by atoms with van der Waals surface area (Å²) >= 11 is 23.4. The Morgan fingerprint density at radius 1 is 0.534 bits per heavy atom. The van der Waals surface area contributed by atoms with Crippen molar-refractivity contribution >= 4 is 93.0 Å². The van der Waals surface area contributed by atoms with Crippen LogP contribution in [0.15, 0.2) is 263 Å². The van der Waals surface area contributed by atoms with Gasteiger partial charge in [0.15, 0.2) is 12.1 Å². The fraction of sp³-hybridized carbons (Fsp3) is 0.296. The van der Waals surface area contributed by atoms with Gasteiger partial charge < -0.3 is 63.5 Å². The number of anilines is 1. The van der Waals surface area contributed by atoms with E-state index in [4.69, 9.17) is 70.6 Å². The number of nitrogens with zero attached hydrogens (tertiary/aromatic N) is 13. The van der Waals surface area contributed by atoms with Gasteiger partial charge in [-0.15, -0.1) is 0 Å². The topological polar surface area (TPSA) is 368 Å². The van der Waals surface area contributed by atoms with Crippen LogP contribution in [0.25, 0.3) is 0 Å². The SMILES string of the molecule is C.CCOC(=O)c1cc(C)n(Cc2ccccc2)c1.Cc1cc(C(=O)c2cncnc2N[C@@H]2C[C@H](CO)[C@@H](O)[C@@H]2F)cn1Cc1ccccc1.Cc1cc(C(O)c2cncnc2Cl)cn1Cc1ccccc1.Cc1cc(C(O)c2cncnc2Cl)cn1Cc1ccccc1.Cc1cc(C=O)cn1Cc1ccccc1.Clc1ncncc1I.OC[C@H]1C[C@@H](NCl)[C@@H](F)[C@@H]1O.[2H]CC.[O]=[Mn]=[O]. The van der Waals surface area contributed by atoms with Crippen LogP contribution in [0, 0.1) is 50.0 Å². The number of aliphatic hydroxyl groups is 6. The van der Waals surface area contributed by atoms with Crippen LogP contribution in [0.2, 0.25) is 15.5 Å². The zero-order chi connectivity index (χ0) is 96.5. The van der Waals surface area contributed by atoms with Crippen molar-refractivity contribution in [2.45, 2.75) is 157 Å². The van der Waals surface area contributed by atoms with E-state index in [0.29, 0.717) is 53.9 Å². The molecular weight excluding hydrogens is 1940 g/mol. The van der Waals surface area contributed by atoms with Crippen LogP contribution in [-0.4, -0.2) is 168 Å². The van der Waals surface area contributed by atoms with E-state index in [1.807, 2.05) is 198 Å². The van der Waals surface area contributed by atoms with Gasteiger partial charge in [0.05, 0.1) is 45.6 Å². The Kier molecular flexibility index (Phi) is 45.9. The number of ketones is 1. The summed E-state index contributed by atoms with van der Waals surface area (Å²) in [5.74, 6) is -1.26. The van der Waals surface area contributed by atoms with E-state index >= 15 is 0 Å². The first-order valence-corrected chi connectivity index (χ1v) is 45.2. The van der Waals surface area contributed by atoms with Crippen molar-refractivity contribution in [2.24, 2.45) is 11.8 Å². The number of carbonyl (C=O) groups excluding carboxylic acids is 3. The maximum absolute atomic E-state index is 14.5. The molecule has 0 radical (unpaired) electrons. The van der Waals surface area contributed by atoms with Gasteiger partial charge in [-0.2, -0.15) is 0 Å². The van der Waals surface area contributed by atoms with Crippen molar-refractivity contribution in [3.8, 4) is 0 Å². The second-order valence-electron chi connectivity index (χ2n) is 30.3. The predicted molar refractivity (Wildman–Crippen MR) is 514 cm³/mol. The van der Waals surface area contributed by atoms with Gasteiger partial charge in [-0.1, -0.05) is 208 Å². The molecule has 14 aromatic rings. The maximum atomic E-state index is 14.5. The van der Waals surface area contributed by atoms with Crippen molar-refractivity contribution in [3.05, 3.63) is 383 Å². The first-order valence-electron chi connectivity index (χ1n) is 42.4. The molecule has 9 aromatic heterocycles. The van der Waals surface area contributed by atoms with E-state index < -0.39 is 69.6 Å². The molecule has 5 aromatic carbocycles. The number of aryl methyl sites for hydroxylation is 5. The third kappa shape index (κ3) is 33.0. The summed E-state index contributed by atoms with van der Waals surface area (Å²) in [6.45, 7) is 17.7. The van der Waals surface area contributed by atoms with Crippen LogP contribution < -0.4 is 10.2 Å². The quantitative estimate of drug-likeness (QED) is 0.00530. The van der Waals surface area contributed by atoms with Crippen molar-refractivity contribution in [1.82, 2.24) is 67.5 Å². The second kappa shape index (κ2) is 56.9. The standard InChI is InChI=1S/C23H25FN4O3.2C17H16ClN3O.C15H17NO2.C13H13NO.C6H11ClFNO2.C4H2ClIN2.C2H6.CH4.Mn.2O/c1-14-7-16(11-28(14)10-15-5-3-2-4-6-15)21(30)18-9-25-13-26-23(18)27-19-8-17(12-29)22(31)20(19)24;2*1-12-7-14(16(22)15-8-19-11-20-17(15)18)10-21(12)9-13-5-3-2-4-6-13;1-3-18-15(17)14-9-12(2)16(11-14)10-13-7-5-4-6-8-13;1-11-7-13(10-15)9-14(11)8-12-5-3-2-4-6-12;7-9-4-1-3(2-10)6(11)5(4)8;5-4-3(6)1-7-2-8-4;1-2;;;;/h2-7,9,11,13,17,19-20,22,29,31H,8,10,12H2,1H3,(H,25,26,27);2*2-8,10-11,16,22H,9H2,1H3;4-9,11H,3,10H2,1-2H3;2-7,9-10H,8H2,1H3;3-6,9-11H,1-2H2;1-2H;1-2H3;1H4;;;/t17-,19-,20-,22-;;;;;3-,4-,5-,6-;;;;;;/m1....1....../s1/i;;;;;;;1D;;;;. The molecule has 2 unspecified atom stereocenters. The first-order chi connectivity index (χ1) is 64.1. The Balaban J connectivity index is 0.000000217. The second-order valence-corrected chi connectivity index (χ2v) is 32.9. The van der Waals surface area contributed by atoms with Crippen LogP contribution in [0.3, 0.4) is 0 Å². The minimum absolute atomic E-state index is 0. The third-order valence-electron chi connectivity index (χ3n) is 21.1. The van der Waals surface area contributed by atoms with Gasteiger partial charge in [-0.3, -0.25) is 9.59 Å². The molecule has 8 N–H and O–H groups in total.